The lowest BCUT2D eigenvalue weighted by Crippen LogP contribution is -2.51. The van der Waals surface area contributed by atoms with Crippen LogP contribution in [0.2, 0.25) is 0 Å². The van der Waals surface area contributed by atoms with Gasteiger partial charge >= 0.3 is 0 Å². The molecule has 160 valence electrons. The van der Waals surface area contributed by atoms with Crippen molar-refractivity contribution >= 4 is 11.8 Å². The van der Waals surface area contributed by atoms with Gasteiger partial charge in [0.1, 0.15) is 11.8 Å². The summed E-state index contributed by atoms with van der Waals surface area (Å²) in [6.07, 6.45) is 1.96. The second kappa shape index (κ2) is 10.1. The van der Waals surface area contributed by atoms with Gasteiger partial charge in [-0.2, -0.15) is 5.26 Å². The third-order valence-corrected chi connectivity index (χ3v) is 5.31. The predicted octanol–water partition coefficient (Wildman–Crippen LogP) is 2.08. The Morgan fingerprint density at radius 3 is 2.60 bits per heavy atom. The number of aryl methyl sites for hydroxylation is 2. The van der Waals surface area contributed by atoms with Crippen LogP contribution in [-0.4, -0.2) is 74.1 Å². The number of benzene rings is 1. The molecule has 1 aromatic carbocycles. The minimum Gasteiger partial charge on any atom is -0.497 e. The third-order valence-electron chi connectivity index (χ3n) is 5.31. The summed E-state index contributed by atoms with van der Waals surface area (Å²) >= 11 is 0. The Hall–Kier alpha value is -3.05. The molecule has 2 heterocycles. The number of carbonyl (C=O) groups excluding carboxylic acids is 1. The van der Waals surface area contributed by atoms with Gasteiger partial charge in [-0.3, -0.25) is 9.69 Å². The standard InChI is InChI=1S/C22H29N5O3/c1-17-24-20(15-23)22(30-17)27-13-11-26(12-14-27)21(28)16-25(2)10-4-5-18-6-8-19(29-3)9-7-18/h6-9H,4-5,10-14,16H2,1-3H3. The molecule has 0 spiro atoms. The summed E-state index contributed by atoms with van der Waals surface area (Å²) in [6.45, 7) is 5.50. The van der Waals surface area contributed by atoms with Gasteiger partial charge in [0.05, 0.1) is 13.7 Å². The minimum absolute atomic E-state index is 0.135. The molecule has 30 heavy (non-hydrogen) atoms. The summed E-state index contributed by atoms with van der Waals surface area (Å²) in [5, 5.41) is 9.19. The molecule has 1 aliphatic rings. The monoisotopic (exact) mass is 411 g/mol. The number of hydrogen-bond donors (Lipinski definition) is 0. The van der Waals surface area contributed by atoms with Crippen molar-refractivity contribution < 1.29 is 13.9 Å². The molecule has 2 aromatic rings. The lowest BCUT2D eigenvalue weighted by molar-refractivity contribution is -0.132. The van der Waals surface area contributed by atoms with Crippen LogP contribution in [0.15, 0.2) is 28.7 Å². The molecule has 0 N–H and O–H groups in total. The first-order chi connectivity index (χ1) is 14.5. The van der Waals surface area contributed by atoms with Crippen LogP contribution >= 0.6 is 0 Å². The zero-order valence-corrected chi connectivity index (χ0v) is 17.9. The van der Waals surface area contributed by atoms with E-state index in [9.17, 15) is 10.1 Å². The first kappa shape index (κ1) is 21.7. The maximum absolute atomic E-state index is 12.6. The molecule has 1 aliphatic heterocycles. The van der Waals surface area contributed by atoms with Crippen LogP contribution in [0, 0.1) is 18.3 Å². The number of nitriles is 1. The Kier molecular flexibility index (Phi) is 7.31. The Labute approximate surface area is 177 Å². The van der Waals surface area contributed by atoms with Crippen molar-refractivity contribution in [3.05, 3.63) is 41.4 Å². The van der Waals surface area contributed by atoms with E-state index >= 15 is 0 Å². The summed E-state index contributed by atoms with van der Waals surface area (Å²) in [5.74, 6) is 1.99. The van der Waals surface area contributed by atoms with Crippen molar-refractivity contribution in [3.63, 3.8) is 0 Å². The summed E-state index contributed by atoms with van der Waals surface area (Å²) < 4.78 is 10.8. The van der Waals surface area contributed by atoms with Crippen LogP contribution < -0.4 is 9.64 Å². The van der Waals surface area contributed by atoms with Gasteiger partial charge in [-0.05, 0) is 44.1 Å². The fourth-order valence-corrected chi connectivity index (χ4v) is 3.62. The van der Waals surface area contributed by atoms with E-state index in [1.54, 1.807) is 14.0 Å². The molecule has 1 aromatic heterocycles. The van der Waals surface area contributed by atoms with Crippen LogP contribution in [0.4, 0.5) is 5.88 Å². The summed E-state index contributed by atoms with van der Waals surface area (Å²) in [4.78, 5) is 22.7. The molecule has 8 heteroatoms. The van der Waals surface area contributed by atoms with E-state index in [0.717, 1.165) is 25.1 Å². The number of carbonyl (C=O) groups is 1. The molecule has 0 aliphatic carbocycles. The second-order valence-corrected chi connectivity index (χ2v) is 7.56. The largest absolute Gasteiger partial charge is 0.497 e. The maximum atomic E-state index is 12.6. The van der Waals surface area contributed by atoms with Crippen molar-refractivity contribution in [2.75, 3.05) is 58.3 Å². The van der Waals surface area contributed by atoms with Crippen LogP contribution in [-0.2, 0) is 11.2 Å². The molecule has 1 fully saturated rings. The van der Waals surface area contributed by atoms with Crippen molar-refractivity contribution in [2.45, 2.75) is 19.8 Å². The van der Waals surface area contributed by atoms with Gasteiger partial charge in [0.15, 0.2) is 5.89 Å². The Morgan fingerprint density at radius 2 is 1.97 bits per heavy atom. The van der Waals surface area contributed by atoms with E-state index in [-0.39, 0.29) is 5.91 Å². The summed E-state index contributed by atoms with van der Waals surface area (Å²) in [7, 11) is 3.65. The highest BCUT2D eigenvalue weighted by Gasteiger charge is 2.26. The fraction of sp³-hybridized carbons (Fsp3) is 0.500. The third kappa shape index (κ3) is 5.51. The number of amides is 1. The topological polar surface area (TPSA) is 85.8 Å². The molecular formula is C22H29N5O3. The van der Waals surface area contributed by atoms with Crippen molar-refractivity contribution in [1.29, 1.82) is 5.26 Å². The average molecular weight is 412 g/mol. The van der Waals surface area contributed by atoms with Gasteiger partial charge in [-0.15, -0.1) is 0 Å². The number of methoxy groups -OCH3 is 1. The van der Waals surface area contributed by atoms with Crippen molar-refractivity contribution in [3.8, 4) is 11.8 Å². The number of oxazole rings is 1. The van der Waals surface area contributed by atoms with E-state index in [2.05, 4.69) is 28.1 Å². The number of nitrogens with zero attached hydrogens (tertiary/aromatic N) is 5. The Balaban J connectivity index is 1.40. The van der Waals surface area contributed by atoms with Gasteiger partial charge in [-0.1, -0.05) is 12.1 Å². The van der Waals surface area contributed by atoms with Crippen LogP contribution in [0.25, 0.3) is 0 Å². The smallest absolute Gasteiger partial charge is 0.236 e. The van der Waals surface area contributed by atoms with Crippen LogP contribution in [0.3, 0.4) is 0 Å². The number of anilines is 1. The normalized spacial score (nSPS) is 14.1. The Morgan fingerprint density at radius 1 is 1.27 bits per heavy atom. The van der Waals surface area contributed by atoms with Crippen LogP contribution in [0.5, 0.6) is 5.75 Å². The van der Waals surface area contributed by atoms with Gasteiger partial charge < -0.3 is 19.0 Å². The number of piperazine rings is 1. The highest BCUT2D eigenvalue weighted by atomic mass is 16.5. The molecule has 3 rings (SSSR count). The van der Waals surface area contributed by atoms with E-state index in [1.165, 1.54) is 5.56 Å². The lowest BCUT2D eigenvalue weighted by atomic mass is 10.1. The van der Waals surface area contributed by atoms with E-state index < -0.39 is 0 Å². The van der Waals surface area contributed by atoms with Gasteiger partial charge in [-0.25, -0.2) is 4.98 Å². The number of rotatable bonds is 8. The first-order valence-electron chi connectivity index (χ1n) is 10.2. The fourth-order valence-electron chi connectivity index (χ4n) is 3.62. The lowest BCUT2D eigenvalue weighted by Gasteiger charge is -2.35. The minimum atomic E-state index is 0.135. The maximum Gasteiger partial charge on any atom is 0.236 e. The quantitative estimate of drug-likeness (QED) is 0.657. The van der Waals surface area contributed by atoms with Crippen LogP contribution in [0.1, 0.15) is 23.6 Å². The molecular weight excluding hydrogens is 382 g/mol. The zero-order valence-electron chi connectivity index (χ0n) is 17.9. The summed E-state index contributed by atoms with van der Waals surface area (Å²) in [6, 6.07) is 10.2. The summed E-state index contributed by atoms with van der Waals surface area (Å²) in [5.41, 5.74) is 1.58. The van der Waals surface area contributed by atoms with Gasteiger partial charge in [0.2, 0.25) is 17.5 Å². The molecule has 8 nitrogen and oxygen atoms in total. The SMILES string of the molecule is COc1ccc(CCCN(C)CC(=O)N2CCN(c3oc(C)nc3C#N)CC2)cc1. The molecule has 0 saturated carbocycles. The highest BCUT2D eigenvalue weighted by molar-refractivity contribution is 5.78. The predicted molar refractivity (Wildman–Crippen MR) is 114 cm³/mol. The molecule has 0 bridgehead atoms. The second-order valence-electron chi connectivity index (χ2n) is 7.56. The molecule has 0 atom stereocenters. The molecule has 0 unspecified atom stereocenters. The van der Waals surface area contributed by atoms with E-state index in [4.69, 9.17) is 9.15 Å². The highest BCUT2D eigenvalue weighted by Crippen LogP contribution is 2.22. The molecule has 1 saturated heterocycles. The van der Waals surface area contributed by atoms with E-state index in [1.807, 2.05) is 29.0 Å². The zero-order chi connectivity index (χ0) is 21.5. The molecule has 0 radical (unpaired) electrons. The van der Waals surface area contributed by atoms with Gasteiger partial charge in [0.25, 0.3) is 0 Å². The van der Waals surface area contributed by atoms with Crippen molar-refractivity contribution in [2.24, 2.45) is 0 Å². The number of hydrogen-bond acceptors (Lipinski definition) is 7. The number of likely N-dealkylation sites (N-methyl/N-ethyl adjacent to an activating group) is 1. The van der Waals surface area contributed by atoms with Gasteiger partial charge in [0, 0.05) is 33.1 Å². The van der Waals surface area contributed by atoms with Crippen molar-refractivity contribution in [1.82, 2.24) is 14.8 Å². The Bertz CT molecular complexity index is 879. The average Bonchev–Trinajstić information content (AvgIpc) is 3.15. The van der Waals surface area contributed by atoms with E-state index in [0.29, 0.717) is 50.2 Å². The number of ether oxygens (including phenoxy) is 1. The first-order valence-corrected chi connectivity index (χ1v) is 10.2. The number of aromatic nitrogens is 1. The molecule has 1 amide bonds.